The lowest BCUT2D eigenvalue weighted by Crippen LogP contribution is -1.92. The van der Waals surface area contributed by atoms with Crippen LogP contribution < -0.4 is 0 Å². The largest absolute Gasteiger partial charge is 0.249 e. The van der Waals surface area contributed by atoms with Crippen LogP contribution in [0.5, 0.6) is 0 Å². The van der Waals surface area contributed by atoms with Crippen molar-refractivity contribution < 1.29 is 0 Å². The lowest BCUT2D eigenvalue weighted by Gasteiger charge is -2.08. The van der Waals surface area contributed by atoms with Crippen molar-refractivity contribution in [3.05, 3.63) is 90.0 Å². The first kappa shape index (κ1) is 13.6. The van der Waals surface area contributed by atoms with E-state index in [0.29, 0.717) is 5.92 Å². The number of hydrogen-bond acceptors (Lipinski definition) is 1. The number of aliphatic imine (C=N–C) groups is 1. The Labute approximate surface area is 126 Å². The van der Waals surface area contributed by atoms with Gasteiger partial charge in [-0.15, -0.1) is 0 Å². The second kappa shape index (κ2) is 6.36. The molecule has 1 atom stereocenters. The molecule has 2 aromatic carbocycles. The molecule has 2 aromatic rings. The molecule has 0 spiro atoms. The highest BCUT2D eigenvalue weighted by atomic mass is 14.7. The molecule has 0 heterocycles. The average molecular weight is 273 g/mol. The fourth-order valence-corrected chi connectivity index (χ4v) is 2.53. The number of benzene rings is 2. The number of rotatable bonds is 2. The van der Waals surface area contributed by atoms with E-state index < -0.39 is 0 Å². The van der Waals surface area contributed by atoms with Crippen LogP contribution in [0.25, 0.3) is 0 Å². The van der Waals surface area contributed by atoms with E-state index in [1.807, 2.05) is 12.1 Å². The van der Waals surface area contributed by atoms with E-state index in [4.69, 9.17) is 4.99 Å². The lowest BCUT2D eigenvalue weighted by atomic mass is 9.96. The normalized spacial score (nSPS) is 19.7. The highest BCUT2D eigenvalue weighted by Gasteiger charge is 2.08. The highest BCUT2D eigenvalue weighted by molar-refractivity contribution is 6.05. The third kappa shape index (κ3) is 3.38. The van der Waals surface area contributed by atoms with Crippen molar-refractivity contribution in [2.24, 2.45) is 4.99 Å². The first-order valence-corrected chi connectivity index (χ1v) is 7.37. The molecule has 0 saturated heterocycles. The van der Waals surface area contributed by atoms with Crippen molar-refractivity contribution in [2.45, 2.75) is 19.3 Å². The summed E-state index contributed by atoms with van der Waals surface area (Å²) in [4.78, 5) is 4.75. The lowest BCUT2D eigenvalue weighted by molar-refractivity contribution is 0.868. The minimum absolute atomic E-state index is 0.437. The molecule has 0 radical (unpaired) electrons. The van der Waals surface area contributed by atoms with E-state index in [0.717, 1.165) is 17.8 Å². The second-order valence-electron chi connectivity index (χ2n) is 5.34. The van der Waals surface area contributed by atoms with Crippen molar-refractivity contribution in [3.63, 3.8) is 0 Å². The Kier molecular flexibility index (Phi) is 4.11. The maximum Gasteiger partial charge on any atom is 0.0666 e. The monoisotopic (exact) mass is 273 g/mol. The number of allylic oxidation sites excluding steroid dienone is 4. The van der Waals surface area contributed by atoms with E-state index >= 15 is 0 Å². The predicted molar refractivity (Wildman–Crippen MR) is 90.4 cm³/mol. The van der Waals surface area contributed by atoms with Gasteiger partial charge in [-0.1, -0.05) is 60.7 Å². The van der Waals surface area contributed by atoms with E-state index in [9.17, 15) is 0 Å². The van der Waals surface area contributed by atoms with Crippen LogP contribution in [0.3, 0.4) is 0 Å². The minimum atomic E-state index is 0.437. The number of aryl methyl sites for hydroxylation is 1. The van der Waals surface area contributed by atoms with Crippen LogP contribution in [-0.2, 0) is 0 Å². The van der Waals surface area contributed by atoms with Crippen LogP contribution in [0.2, 0.25) is 0 Å². The van der Waals surface area contributed by atoms with Crippen LogP contribution in [0.4, 0.5) is 5.69 Å². The van der Waals surface area contributed by atoms with Crippen LogP contribution in [0.15, 0.2) is 83.9 Å². The molecule has 1 aliphatic carbocycles. The van der Waals surface area contributed by atoms with Crippen molar-refractivity contribution in [3.8, 4) is 0 Å². The summed E-state index contributed by atoms with van der Waals surface area (Å²) in [6, 6.07) is 18.9. The summed E-state index contributed by atoms with van der Waals surface area (Å²) in [5.41, 5.74) is 4.62. The number of para-hydroxylation sites is 1. The molecule has 0 bridgehead atoms. The van der Waals surface area contributed by atoms with Crippen molar-refractivity contribution in [1.29, 1.82) is 0 Å². The van der Waals surface area contributed by atoms with Gasteiger partial charge < -0.3 is 0 Å². The summed E-state index contributed by atoms with van der Waals surface area (Å²) in [7, 11) is 0. The molecule has 0 fully saturated rings. The maximum absolute atomic E-state index is 4.75. The SMILES string of the molecule is Cc1ccccc1N=C1C=CCC(c2ccccc2)C=C1. The van der Waals surface area contributed by atoms with Gasteiger partial charge in [0.05, 0.1) is 11.4 Å². The smallest absolute Gasteiger partial charge is 0.0666 e. The summed E-state index contributed by atoms with van der Waals surface area (Å²) in [6.07, 6.45) is 9.74. The molecule has 0 aromatic heterocycles. The molecule has 1 unspecified atom stereocenters. The first-order chi connectivity index (χ1) is 10.3. The maximum atomic E-state index is 4.75. The molecule has 0 amide bonds. The van der Waals surface area contributed by atoms with E-state index in [-0.39, 0.29) is 0 Å². The van der Waals surface area contributed by atoms with Crippen LogP contribution in [0, 0.1) is 6.92 Å². The van der Waals surface area contributed by atoms with E-state index in [1.165, 1.54) is 11.1 Å². The Morgan fingerprint density at radius 3 is 2.48 bits per heavy atom. The summed E-state index contributed by atoms with van der Waals surface area (Å²) in [5, 5.41) is 0. The molecule has 104 valence electrons. The average Bonchev–Trinajstić information content (AvgIpc) is 2.76. The van der Waals surface area contributed by atoms with Crippen molar-refractivity contribution in [1.82, 2.24) is 0 Å². The van der Waals surface area contributed by atoms with Gasteiger partial charge in [0.25, 0.3) is 0 Å². The molecule has 0 N–H and O–H groups in total. The quantitative estimate of drug-likeness (QED) is 0.697. The minimum Gasteiger partial charge on any atom is -0.249 e. The summed E-state index contributed by atoms with van der Waals surface area (Å²) < 4.78 is 0. The van der Waals surface area contributed by atoms with Gasteiger partial charge in [0.2, 0.25) is 0 Å². The fourth-order valence-electron chi connectivity index (χ4n) is 2.53. The van der Waals surface area contributed by atoms with Crippen LogP contribution >= 0.6 is 0 Å². The molecule has 0 aliphatic heterocycles. The Morgan fingerprint density at radius 1 is 0.905 bits per heavy atom. The fraction of sp³-hybridized carbons (Fsp3) is 0.150. The van der Waals surface area contributed by atoms with Gasteiger partial charge in [0.1, 0.15) is 0 Å². The van der Waals surface area contributed by atoms with Gasteiger partial charge >= 0.3 is 0 Å². The first-order valence-electron chi connectivity index (χ1n) is 7.37. The Hall–Kier alpha value is -2.41. The third-order valence-electron chi connectivity index (χ3n) is 3.77. The topological polar surface area (TPSA) is 12.4 Å². The number of hydrogen-bond donors (Lipinski definition) is 0. The van der Waals surface area contributed by atoms with Crippen molar-refractivity contribution in [2.75, 3.05) is 0 Å². The zero-order valence-electron chi connectivity index (χ0n) is 12.2. The van der Waals surface area contributed by atoms with Crippen LogP contribution in [0.1, 0.15) is 23.5 Å². The van der Waals surface area contributed by atoms with Gasteiger partial charge in [-0.25, -0.2) is 4.99 Å². The molecule has 1 heteroatoms. The van der Waals surface area contributed by atoms with Gasteiger partial charge in [-0.3, -0.25) is 0 Å². The molecule has 1 aliphatic rings. The Balaban J connectivity index is 1.86. The van der Waals surface area contributed by atoms with E-state index in [2.05, 4.69) is 73.7 Å². The number of nitrogens with zero attached hydrogens (tertiary/aromatic N) is 1. The van der Waals surface area contributed by atoms with Crippen molar-refractivity contribution >= 4 is 11.4 Å². The summed E-state index contributed by atoms with van der Waals surface area (Å²) in [5.74, 6) is 0.437. The molecule has 0 saturated carbocycles. The Morgan fingerprint density at radius 2 is 1.67 bits per heavy atom. The summed E-state index contributed by atoms with van der Waals surface area (Å²) >= 11 is 0. The predicted octanol–water partition coefficient (Wildman–Crippen LogP) is 5.37. The van der Waals surface area contributed by atoms with Crippen LogP contribution in [-0.4, -0.2) is 5.71 Å². The Bertz CT molecular complexity index is 693. The molecular weight excluding hydrogens is 254 g/mol. The van der Waals surface area contributed by atoms with E-state index in [1.54, 1.807) is 0 Å². The highest BCUT2D eigenvalue weighted by Crippen LogP contribution is 2.24. The standard InChI is InChI=1S/C20H19N/c1-16-8-5-6-13-20(16)21-19-12-7-11-18(14-15-19)17-9-3-2-4-10-17/h2-10,12-15,18H,11H2,1H3. The molecular formula is C20H19N. The van der Waals surface area contributed by atoms with Gasteiger partial charge in [0.15, 0.2) is 0 Å². The van der Waals surface area contributed by atoms with Gasteiger partial charge in [-0.2, -0.15) is 0 Å². The second-order valence-corrected chi connectivity index (χ2v) is 5.34. The zero-order valence-corrected chi connectivity index (χ0v) is 12.2. The third-order valence-corrected chi connectivity index (χ3v) is 3.77. The van der Waals surface area contributed by atoms with Gasteiger partial charge in [-0.05, 0) is 42.7 Å². The molecule has 3 rings (SSSR count). The molecule has 21 heavy (non-hydrogen) atoms. The van der Waals surface area contributed by atoms with Gasteiger partial charge in [0, 0.05) is 5.92 Å². The molecule has 1 nitrogen and oxygen atoms in total. The zero-order chi connectivity index (χ0) is 14.5. The summed E-state index contributed by atoms with van der Waals surface area (Å²) in [6.45, 7) is 2.09.